The number of hydrogen-bond acceptors (Lipinski definition) is 4. The topological polar surface area (TPSA) is 57.2 Å². The van der Waals surface area contributed by atoms with E-state index in [4.69, 9.17) is 10.5 Å². The predicted octanol–water partition coefficient (Wildman–Crippen LogP) is 2.64. The largest absolute Gasteiger partial charge is 0.495 e. The average Bonchev–Trinajstić information content (AvgIpc) is 2.76. The van der Waals surface area contributed by atoms with E-state index in [1.807, 2.05) is 24.3 Å². The van der Waals surface area contributed by atoms with Crippen molar-refractivity contribution in [3.63, 3.8) is 0 Å². The molecule has 96 valence electrons. The highest BCUT2D eigenvalue weighted by molar-refractivity contribution is 7.14. The van der Waals surface area contributed by atoms with Gasteiger partial charge in [0.1, 0.15) is 11.4 Å². The molecule has 0 spiro atoms. The van der Waals surface area contributed by atoms with Crippen LogP contribution in [0.3, 0.4) is 0 Å². The van der Waals surface area contributed by atoms with Gasteiger partial charge >= 0.3 is 0 Å². The molecule has 2 aromatic carbocycles. The lowest BCUT2D eigenvalue weighted by Crippen LogP contribution is -2.12. The summed E-state index contributed by atoms with van der Waals surface area (Å²) >= 11 is 1.38. The van der Waals surface area contributed by atoms with Gasteiger partial charge in [-0.25, -0.2) is 3.96 Å². The molecule has 3 aromatic rings. The molecule has 0 fully saturated rings. The lowest BCUT2D eigenvalue weighted by molar-refractivity contribution is 0.413. The van der Waals surface area contributed by atoms with Gasteiger partial charge in [0.05, 0.1) is 17.2 Å². The first-order valence-corrected chi connectivity index (χ1v) is 6.53. The molecule has 5 heteroatoms. The summed E-state index contributed by atoms with van der Waals surface area (Å²) in [6, 6.07) is 12.8. The third kappa shape index (κ3) is 1.88. The third-order valence-corrected chi connectivity index (χ3v) is 4.01. The van der Waals surface area contributed by atoms with Crippen LogP contribution in [0.2, 0.25) is 0 Å². The predicted molar refractivity (Wildman–Crippen MR) is 78.4 cm³/mol. The van der Waals surface area contributed by atoms with Crippen LogP contribution in [0.15, 0.2) is 47.3 Å². The first-order chi connectivity index (χ1) is 9.20. The molecule has 0 atom stereocenters. The number of nitrogens with two attached hydrogens (primary N) is 1. The van der Waals surface area contributed by atoms with E-state index in [9.17, 15) is 4.79 Å². The van der Waals surface area contributed by atoms with E-state index in [0.717, 1.165) is 4.70 Å². The SMILES string of the molecule is COc1ccc(N)cc1-n1sc2ccccc2c1=O. The number of nitrogens with zero attached hydrogens (tertiary/aromatic N) is 1. The molecule has 0 amide bonds. The van der Waals surface area contributed by atoms with Crippen LogP contribution in [-0.4, -0.2) is 11.1 Å². The van der Waals surface area contributed by atoms with Crippen LogP contribution < -0.4 is 16.0 Å². The smallest absolute Gasteiger partial charge is 0.273 e. The summed E-state index contributed by atoms with van der Waals surface area (Å²) in [5, 5.41) is 0.706. The van der Waals surface area contributed by atoms with Gasteiger partial charge < -0.3 is 10.5 Å². The number of rotatable bonds is 2. The van der Waals surface area contributed by atoms with E-state index in [2.05, 4.69) is 0 Å². The van der Waals surface area contributed by atoms with Gasteiger partial charge in [0.2, 0.25) is 0 Å². The van der Waals surface area contributed by atoms with Gasteiger partial charge in [-0.1, -0.05) is 23.7 Å². The maximum Gasteiger partial charge on any atom is 0.273 e. The molecular weight excluding hydrogens is 260 g/mol. The zero-order chi connectivity index (χ0) is 13.4. The molecule has 0 aliphatic carbocycles. The lowest BCUT2D eigenvalue weighted by atomic mass is 10.2. The maximum absolute atomic E-state index is 12.4. The molecule has 1 aromatic heterocycles. The van der Waals surface area contributed by atoms with Crippen molar-refractivity contribution in [2.75, 3.05) is 12.8 Å². The van der Waals surface area contributed by atoms with Crippen LogP contribution in [0.5, 0.6) is 5.75 Å². The number of aromatic nitrogens is 1. The molecule has 0 radical (unpaired) electrons. The Bertz CT molecular complexity index is 805. The summed E-state index contributed by atoms with van der Waals surface area (Å²) in [6.07, 6.45) is 0. The summed E-state index contributed by atoms with van der Waals surface area (Å²) in [4.78, 5) is 12.4. The van der Waals surface area contributed by atoms with Gasteiger partial charge in [0, 0.05) is 5.69 Å². The van der Waals surface area contributed by atoms with E-state index in [-0.39, 0.29) is 5.56 Å². The van der Waals surface area contributed by atoms with E-state index in [0.29, 0.717) is 22.5 Å². The van der Waals surface area contributed by atoms with Crippen LogP contribution in [-0.2, 0) is 0 Å². The van der Waals surface area contributed by atoms with Crippen molar-refractivity contribution in [2.24, 2.45) is 0 Å². The molecule has 19 heavy (non-hydrogen) atoms. The van der Waals surface area contributed by atoms with Crippen LogP contribution >= 0.6 is 11.5 Å². The first-order valence-electron chi connectivity index (χ1n) is 5.75. The van der Waals surface area contributed by atoms with Crippen LogP contribution in [0.25, 0.3) is 15.8 Å². The molecule has 0 saturated heterocycles. The summed E-state index contributed by atoms with van der Waals surface area (Å²) in [6.45, 7) is 0. The number of anilines is 1. The fraction of sp³-hybridized carbons (Fsp3) is 0.0714. The number of benzene rings is 2. The Hall–Kier alpha value is -2.27. The fourth-order valence-electron chi connectivity index (χ4n) is 2.00. The molecular formula is C14H12N2O2S. The summed E-state index contributed by atoms with van der Waals surface area (Å²) < 4.78 is 7.85. The Morgan fingerprint density at radius 2 is 2.00 bits per heavy atom. The Morgan fingerprint density at radius 3 is 2.74 bits per heavy atom. The lowest BCUT2D eigenvalue weighted by Gasteiger charge is -2.08. The number of methoxy groups -OCH3 is 1. The van der Waals surface area contributed by atoms with Crippen LogP contribution in [0.1, 0.15) is 0 Å². The van der Waals surface area contributed by atoms with Gasteiger partial charge in [-0.2, -0.15) is 0 Å². The zero-order valence-electron chi connectivity index (χ0n) is 10.3. The van der Waals surface area contributed by atoms with Crippen molar-refractivity contribution >= 4 is 27.3 Å². The van der Waals surface area contributed by atoms with Crippen molar-refractivity contribution in [2.45, 2.75) is 0 Å². The van der Waals surface area contributed by atoms with E-state index >= 15 is 0 Å². The summed E-state index contributed by atoms with van der Waals surface area (Å²) in [5.41, 5.74) is 7.02. The Labute approximate surface area is 113 Å². The fourth-order valence-corrected chi connectivity index (χ4v) is 3.01. The molecule has 1 heterocycles. The van der Waals surface area contributed by atoms with Gasteiger partial charge in [0.25, 0.3) is 5.56 Å². The van der Waals surface area contributed by atoms with Gasteiger partial charge in [0.15, 0.2) is 0 Å². The number of hydrogen-bond donors (Lipinski definition) is 1. The summed E-state index contributed by atoms with van der Waals surface area (Å²) in [7, 11) is 1.58. The first kappa shape index (κ1) is 11.8. The second kappa shape index (κ2) is 4.44. The molecule has 4 nitrogen and oxygen atoms in total. The normalized spacial score (nSPS) is 10.8. The maximum atomic E-state index is 12.4. The van der Waals surface area contributed by atoms with Crippen molar-refractivity contribution in [3.05, 3.63) is 52.8 Å². The molecule has 3 rings (SSSR count). The molecule has 0 aliphatic heterocycles. The highest BCUT2D eigenvalue weighted by Crippen LogP contribution is 2.28. The van der Waals surface area contributed by atoms with Crippen LogP contribution in [0, 0.1) is 0 Å². The van der Waals surface area contributed by atoms with Gasteiger partial charge in [-0.15, -0.1) is 0 Å². The minimum atomic E-state index is -0.0514. The van der Waals surface area contributed by atoms with E-state index in [1.54, 1.807) is 29.3 Å². The van der Waals surface area contributed by atoms with Crippen molar-refractivity contribution in [1.82, 2.24) is 3.96 Å². The molecule has 0 bridgehead atoms. The third-order valence-electron chi connectivity index (χ3n) is 2.91. The van der Waals surface area contributed by atoms with Crippen molar-refractivity contribution in [3.8, 4) is 11.4 Å². The number of fused-ring (bicyclic) bond motifs is 1. The monoisotopic (exact) mass is 272 g/mol. The zero-order valence-corrected chi connectivity index (χ0v) is 11.1. The average molecular weight is 272 g/mol. The Morgan fingerprint density at radius 1 is 1.21 bits per heavy atom. The van der Waals surface area contributed by atoms with Gasteiger partial charge in [-0.05, 0) is 30.3 Å². The molecule has 0 saturated carbocycles. The minimum absolute atomic E-state index is 0.0514. The Balaban J connectivity index is 2.33. The highest BCUT2D eigenvalue weighted by Gasteiger charge is 2.12. The van der Waals surface area contributed by atoms with Crippen molar-refractivity contribution < 1.29 is 4.74 Å². The quantitative estimate of drug-likeness (QED) is 0.730. The second-order valence-corrected chi connectivity index (χ2v) is 5.11. The minimum Gasteiger partial charge on any atom is -0.495 e. The molecule has 0 unspecified atom stereocenters. The van der Waals surface area contributed by atoms with Gasteiger partial charge in [-0.3, -0.25) is 4.79 Å². The highest BCUT2D eigenvalue weighted by atomic mass is 32.1. The Kier molecular flexibility index (Phi) is 2.76. The number of ether oxygens (including phenoxy) is 1. The number of nitrogen functional groups attached to an aromatic ring is 1. The second-order valence-electron chi connectivity index (χ2n) is 4.12. The standard InChI is InChI=1S/C14H12N2O2S/c1-18-12-7-6-9(15)8-11(12)16-14(17)10-4-2-3-5-13(10)19-16/h2-8H,15H2,1H3. The van der Waals surface area contributed by atoms with E-state index < -0.39 is 0 Å². The molecule has 0 aliphatic rings. The van der Waals surface area contributed by atoms with Crippen molar-refractivity contribution in [1.29, 1.82) is 0 Å². The van der Waals surface area contributed by atoms with Crippen LogP contribution in [0.4, 0.5) is 5.69 Å². The van der Waals surface area contributed by atoms with E-state index in [1.165, 1.54) is 11.5 Å². The summed E-state index contributed by atoms with van der Waals surface area (Å²) in [5.74, 6) is 0.628. The molecule has 2 N–H and O–H groups in total.